The molecule has 2 unspecified atom stereocenters. The fourth-order valence-corrected chi connectivity index (χ4v) is 10.7. The van der Waals surface area contributed by atoms with Crippen LogP contribution in [0.1, 0.15) is 112 Å². The molecule has 1 fully saturated rings. The molecule has 2 aliphatic heterocycles. The number of benzene rings is 4. The lowest BCUT2D eigenvalue weighted by Crippen LogP contribution is -2.46. The van der Waals surface area contributed by atoms with Crippen LogP contribution in [0.2, 0.25) is 0 Å². The lowest BCUT2D eigenvalue weighted by molar-refractivity contribution is -0.110. The number of hydrogen-bond donors (Lipinski definition) is 2. The van der Waals surface area contributed by atoms with E-state index in [9.17, 15) is 26.4 Å². The molecule has 1 saturated heterocycles. The monoisotopic (exact) mass is 941 g/mol. The number of para-hydroxylation sites is 1. The smallest absolute Gasteiger partial charge is 0.338 e. The topological polar surface area (TPSA) is 173 Å². The molecule has 2 heterocycles. The van der Waals surface area contributed by atoms with Gasteiger partial charge in [-0.05, 0) is 67.8 Å². The predicted molar refractivity (Wildman–Crippen MR) is 263 cm³/mol. The molecule has 4 aromatic carbocycles. The number of carbonyl (C=O) groups is 2. The molecule has 2 atom stereocenters. The second-order valence-corrected chi connectivity index (χ2v) is 20.8. The van der Waals surface area contributed by atoms with Crippen molar-refractivity contribution in [1.82, 2.24) is 13.5 Å². The van der Waals surface area contributed by atoms with E-state index in [-0.39, 0.29) is 58.4 Å². The van der Waals surface area contributed by atoms with Gasteiger partial charge in [-0.15, -0.1) is 0 Å². The van der Waals surface area contributed by atoms with Crippen LogP contribution in [0.4, 0.5) is 22.7 Å². The van der Waals surface area contributed by atoms with E-state index in [1.165, 1.54) is 77.0 Å². The van der Waals surface area contributed by atoms with Crippen molar-refractivity contribution < 1.29 is 35.9 Å². The number of ether oxygens (including phenoxy) is 2. The zero-order chi connectivity index (χ0) is 47.3. The van der Waals surface area contributed by atoms with Gasteiger partial charge in [0.25, 0.3) is 15.9 Å². The summed E-state index contributed by atoms with van der Waals surface area (Å²) in [6.07, 6.45) is 15.1. The highest BCUT2D eigenvalue weighted by Crippen LogP contribution is 2.40. The Balaban J connectivity index is 1.27. The van der Waals surface area contributed by atoms with Crippen LogP contribution in [-0.4, -0.2) is 83.8 Å². The number of likely N-dealkylation sites (N-methyl/N-ethyl adjacent to an activating group) is 1. The van der Waals surface area contributed by atoms with Crippen LogP contribution in [0.5, 0.6) is 5.75 Å². The van der Waals surface area contributed by atoms with Crippen LogP contribution < -0.4 is 19.3 Å². The number of nitrogens with zero attached hydrogens (tertiary/aromatic N) is 4. The van der Waals surface area contributed by atoms with Gasteiger partial charge in [0.2, 0.25) is 16.2 Å². The fourth-order valence-electron chi connectivity index (χ4n) is 8.38. The minimum Gasteiger partial charge on any atom is -0.495 e. The summed E-state index contributed by atoms with van der Waals surface area (Å²) in [5.41, 5.74) is 2.66. The lowest BCUT2D eigenvalue weighted by atomic mass is 10.1. The highest BCUT2D eigenvalue weighted by Gasteiger charge is 2.57. The summed E-state index contributed by atoms with van der Waals surface area (Å²) >= 11 is 0. The third kappa shape index (κ3) is 12.7. The Bertz CT molecular complexity index is 2620. The van der Waals surface area contributed by atoms with Crippen LogP contribution in [0.3, 0.4) is 0 Å². The fraction of sp³-hybridized carbons (Fsp3) is 0.440. The third-order valence-corrected chi connectivity index (χ3v) is 14.7. The number of rotatable bonds is 25. The Morgan fingerprint density at radius 1 is 0.848 bits per heavy atom. The number of unbranched alkanes of at least 4 members (excludes halogenated alkanes) is 11. The van der Waals surface area contributed by atoms with Crippen molar-refractivity contribution in [3.05, 3.63) is 108 Å². The number of quaternary nitrogens is 1. The molecule has 0 spiro atoms. The first-order chi connectivity index (χ1) is 31.7. The van der Waals surface area contributed by atoms with E-state index in [0.717, 1.165) is 35.5 Å². The summed E-state index contributed by atoms with van der Waals surface area (Å²) in [5.74, 6) is -1.33. The van der Waals surface area contributed by atoms with Crippen molar-refractivity contribution in [3.8, 4) is 5.75 Å². The molecule has 4 aromatic rings. The van der Waals surface area contributed by atoms with Gasteiger partial charge in [-0.25, -0.2) is 35.9 Å². The molecule has 66 heavy (non-hydrogen) atoms. The lowest BCUT2D eigenvalue weighted by Gasteiger charge is -2.30. The van der Waals surface area contributed by atoms with Gasteiger partial charge in [0.15, 0.2) is 18.1 Å². The summed E-state index contributed by atoms with van der Waals surface area (Å²) in [7, 11) is -6.30. The van der Waals surface area contributed by atoms with Gasteiger partial charge in [-0.2, -0.15) is 4.72 Å². The van der Waals surface area contributed by atoms with E-state index in [4.69, 9.17) is 19.5 Å². The van der Waals surface area contributed by atoms with E-state index < -0.39 is 31.9 Å². The first-order valence-corrected chi connectivity index (χ1v) is 26.5. The first kappa shape index (κ1) is 50.0. The number of methoxy groups -OCH3 is 1. The average molecular weight is 942 g/mol. The number of anilines is 1. The molecule has 2 N–H and O–H groups in total. The molecular weight excluding hydrogens is 877 g/mol. The molecule has 0 aromatic heterocycles. The number of carbonyl (C=O) groups excluding carboxylic acids is 2. The molecule has 2 aliphatic rings. The average Bonchev–Trinajstić information content (AvgIpc) is 4.00. The third-order valence-electron chi connectivity index (χ3n) is 12.2. The largest absolute Gasteiger partial charge is 0.495 e. The van der Waals surface area contributed by atoms with Crippen molar-refractivity contribution in [2.75, 3.05) is 38.4 Å². The minimum atomic E-state index is -4.28. The van der Waals surface area contributed by atoms with Gasteiger partial charge < -0.3 is 14.8 Å². The number of esters is 1. The molecule has 16 heteroatoms. The number of aryl methyl sites for hydroxylation is 1. The molecule has 0 radical (unpaired) electrons. The number of amides is 1. The normalized spacial score (nSPS) is 17.7. The summed E-state index contributed by atoms with van der Waals surface area (Å²) in [5, 5.41) is 2.86. The van der Waals surface area contributed by atoms with Gasteiger partial charge in [0, 0.05) is 12.1 Å². The first-order valence-electron chi connectivity index (χ1n) is 23.2. The van der Waals surface area contributed by atoms with Crippen molar-refractivity contribution in [2.24, 2.45) is 9.98 Å². The molecule has 6 rings (SSSR count). The Hall–Kier alpha value is -5.42. The van der Waals surface area contributed by atoms with E-state index in [1.807, 2.05) is 32.0 Å². The number of aliphatic imine (C=N–C) groups is 2. The predicted octanol–water partition coefficient (Wildman–Crippen LogP) is 9.72. The van der Waals surface area contributed by atoms with Crippen LogP contribution in [0, 0.1) is 6.92 Å². The minimum absolute atomic E-state index is 0.0225. The maximum Gasteiger partial charge on any atom is 0.338 e. The van der Waals surface area contributed by atoms with Gasteiger partial charge in [-0.1, -0.05) is 120 Å². The van der Waals surface area contributed by atoms with Crippen molar-refractivity contribution in [3.63, 3.8) is 0 Å². The van der Waals surface area contributed by atoms with Crippen LogP contribution >= 0.6 is 0 Å². The van der Waals surface area contributed by atoms with Gasteiger partial charge in [0.1, 0.15) is 16.3 Å². The summed E-state index contributed by atoms with van der Waals surface area (Å²) in [6, 6.07) is 25.3. The van der Waals surface area contributed by atoms with Crippen molar-refractivity contribution >= 4 is 66.2 Å². The molecular formula is C50H65N6O8S2+. The zero-order valence-electron chi connectivity index (χ0n) is 38.9. The maximum absolute atomic E-state index is 14.9. The standard InChI is InChI=1S/C50H64N6O8S2/c1-6-8-9-10-11-12-13-14-15-16-17-23-32-64-50(58)39-28-31-44(63-4)43(34-39)53-49(57)47(51-41-30-29-40(33-37(41)3)56(7-2)36-46(56)54-65(5,59)60)48-52-42-26-21-22-27-45(42)66(61,62)55(48)35-38-24-19-18-20-25-38/h18-22,24-31,33-34,46,54H,6-17,23,32,35-36H2,1-5H3/p+1. The van der Waals surface area contributed by atoms with Gasteiger partial charge >= 0.3 is 5.97 Å². The van der Waals surface area contributed by atoms with Crippen LogP contribution in [0.15, 0.2) is 106 Å². The highest BCUT2D eigenvalue weighted by atomic mass is 32.2. The molecule has 0 bridgehead atoms. The SMILES string of the molecule is CCCCCCCCCCCCCCOC(=O)c1ccc(OC)c(NC(=O)C(=Nc2ccc([N+]3(CC)CC3NS(C)(=O)=O)cc2C)C2=Nc3ccccc3S(=O)(=O)N2Cc2ccccc2)c1. The van der Waals surface area contributed by atoms with Gasteiger partial charge in [-0.3, -0.25) is 9.28 Å². The van der Waals surface area contributed by atoms with E-state index in [1.54, 1.807) is 60.7 Å². The second kappa shape index (κ2) is 22.9. The van der Waals surface area contributed by atoms with Gasteiger partial charge in [0.05, 0.1) is 55.7 Å². The number of nitrogens with one attached hydrogen (secondary N) is 2. The maximum atomic E-state index is 14.9. The molecule has 1 amide bonds. The van der Waals surface area contributed by atoms with Crippen molar-refractivity contribution in [1.29, 1.82) is 0 Å². The summed E-state index contributed by atoms with van der Waals surface area (Å²) in [4.78, 5) is 37.9. The number of sulfonamides is 2. The van der Waals surface area contributed by atoms with Crippen LogP contribution in [-0.2, 0) is 36.1 Å². The molecule has 0 aliphatic carbocycles. The zero-order valence-corrected chi connectivity index (χ0v) is 40.6. The number of fused-ring (bicyclic) bond motifs is 1. The number of hydrogen-bond acceptors (Lipinski definition) is 10. The molecule has 0 saturated carbocycles. The second-order valence-electron chi connectivity index (χ2n) is 17.2. The molecule has 14 nitrogen and oxygen atoms in total. The molecule has 354 valence electrons. The Morgan fingerprint density at radius 3 is 2.14 bits per heavy atom. The highest BCUT2D eigenvalue weighted by molar-refractivity contribution is 7.90. The van der Waals surface area contributed by atoms with Crippen molar-refractivity contribution in [2.45, 2.75) is 115 Å². The quantitative estimate of drug-likeness (QED) is 0.0217. The van der Waals surface area contributed by atoms with Crippen LogP contribution in [0.25, 0.3) is 0 Å². The Kier molecular flexibility index (Phi) is 17.3. The summed E-state index contributed by atoms with van der Waals surface area (Å²) < 4.78 is 68.8. The van der Waals surface area contributed by atoms with E-state index >= 15 is 0 Å². The Labute approximate surface area is 391 Å². The summed E-state index contributed by atoms with van der Waals surface area (Å²) in [6.45, 7) is 7.33. The van der Waals surface area contributed by atoms with E-state index in [2.05, 4.69) is 17.0 Å². The Morgan fingerprint density at radius 2 is 1.50 bits per heavy atom. The number of amidine groups is 1. The van der Waals surface area contributed by atoms with E-state index in [0.29, 0.717) is 34.4 Å².